The molecule has 0 aliphatic carbocycles. The molecule has 4 rings (SSSR count). The molecule has 2 heterocycles. The van der Waals surface area contributed by atoms with Gasteiger partial charge in [-0.1, -0.05) is 12.1 Å². The summed E-state index contributed by atoms with van der Waals surface area (Å²) in [6, 6.07) is 11.9. The molecule has 0 bridgehead atoms. The lowest BCUT2D eigenvalue weighted by molar-refractivity contribution is 0.0653. The van der Waals surface area contributed by atoms with Gasteiger partial charge in [-0.25, -0.2) is 4.98 Å². The fraction of sp³-hybridized carbons (Fsp3) is 0.400. The number of amides is 1. The highest BCUT2D eigenvalue weighted by Gasteiger charge is 2.28. The van der Waals surface area contributed by atoms with E-state index < -0.39 is 6.04 Å². The average molecular weight is 468 g/mol. The van der Waals surface area contributed by atoms with Crippen LogP contribution in [0, 0.1) is 0 Å². The lowest BCUT2D eigenvalue weighted by Gasteiger charge is -2.30. The maximum Gasteiger partial charge on any atom is 0.261 e. The normalized spacial score (nSPS) is 13.3. The second kappa shape index (κ2) is 10.7. The Morgan fingerprint density at radius 2 is 1.88 bits per heavy atom. The number of carbonyl (C=O) groups excluding carboxylic acids is 1. The van der Waals surface area contributed by atoms with Crippen LogP contribution in [0.2, 0.25) is 0 Å². The minimum Gasteiger partial charge on any atom is -0.454 e. The van der Waals surface area contributed by atoms with Crippen LogP contribution >= 0.6 is 0 Å². The Kier molecular flexibility index (Phi) is 7.44. The van der Waals surface area contributed by atoms with Crippen LogP contribution in [0.5, 0.6) is 11.5 Å². The van der Waals surface area contributed by atoms with Gasteiger partial charge in [0.15, 0.2) is 11.5 Å². The molecular formula is C25H29N3O6. The van der Waals surface area contributed by atoms with E-state index in [1.807, 2.05) is 25.1 Å². The van der Waals surface area contributed by atoms with Crippen LogP contribution < -0.4 is 15.0 Å². The lowest BCUT2D eigenvalue weighted by Crippen LogP contribution is -2.39. The minimum absolute atomic E-state index is 0.133. The van der Waals surface area contributed by atoms with Gasteiger partial charge in [0.25, 0.3) is 11.5 Å². The minimum atomic E-state index is -0.482. The number of carbonyl (C=O) groups is 1. The van der Waals surface area contributed by atoms with Crippen molar-refractivity contribution in [1.29, 1.82) is 0 Å². The molecule has 1 aliphatic heterocycles. The summed E-state index contributed by atoms with van der Waals surface area (Å²) >= 11 is 0. The zero-order chi connectivity index (χ0) is 24.1. The highest BCUT2D eigenvalue weighted by Crippen LogP contribution is 2.33. The number of aromatic nitrogens is 2. The molecule has 0 N–H and O–H groups in total. The van der Waals surface area contributed by atoms with Crippen molar-refractivity contribution in [1.82, 2.24) is 14.5 Å². The number of hydrogen-bond donors (Lipinski definition) is 0. The molecule has 0 spiro atoms. The summed E-state index contributed by atoms with van der Waals surface area (Å²) in [6.45, 7) is 3.62. The number of benzene rings is 2. The Balaban J connectivity index is 1.75. The van der Waals surface area contributed by atoms with Crippen LogP contribution in [0.15, 0.2) is 47.3 Å². The third kappa shape index (κ3) is 4.76. The zero-order valence-electron chi connectivity index (χ0n) is 19.7. The topological polar surface area (TPSA) is 92.1 Å². The largest absolute Gasteiger partial charge is 0.454 e. The molecule has 9 nitrogen and oxygen atoms in total. The van der Waals surface area contributed by atoms with E-state index in [1.54, 1.807) is 48.0 Å². The van der Waals surface area contributed by atoms with E-state index in [9.17, 15) is 9.59 Å². The van der Waals surface area contributed by atoms with Crippen LogP contribution in [0.4, 0.5) is 0 Å². The molecule has 1 amide bonds. The zero-order valence-corrected chi connectivity index (χ0v) is 19.7. The molecule has 0 fully saturated rings. The molecule has 0 saturated heterocycles. The number of nitrogens with zero attached hydrogens (tertiary/aromatic N) is 3. The second-order valence-electron chi connectivity index (χ2n) is 8.03. The van der Waals surface area contributed by atoms with Gasteiger partial charge in [-0.3, -0.25) is 14.2 Å². The third-order valence-corrected chi connectivity index (χ3v) is 5.88. The molecular weight excluding hydrogens is 438 g/mol. The van der Waals surface area contributed by atoms with Gasteiger partial charge in [0.1, 0.15) is 5.82 Å². The Hall–Kier alpha value is -3.43. The van der Waals surface area contributed by atoms with Crippen molar-refractivity contribution in [2.45, 2.75) is 25.9 Å². The SMILES string of the molecule is COCCCN(C(=O)c1ccc2c(c1)OCO2)C(C)c1nc2ccccc2c(=O)n1CCOC. The van der Waals surface area contributed by atoms with E-state index in [2.05, 4.69) is 0 Å². The van der Waals surface area contributed by atoms with E-state index in [0.29, 0.717) is 66.5 Å². The number of rotatable bonds is 10. The smallest absolute Gasteiger partial charge is 0.261 e. The Bertz CT molecular complexity index is 1220. The van der Waals surface area contributed by atoms with E-state index in [0.717, 1.165) is 0 Å². The monoisotopic (exact) mass is 467 g/mol. The van der Waals surface area contributed by atoms with E-state index in [4.69, 9.17) is 23.9 Å². The molecule has 34 heavy (non-hydrogen) atoms. The first-order valence-corrected chi connectivity index (χ1v) is 11.2. The predicted octanol–water partition coefficient (Wildman–Crippen LogP) is 3.01. The number of ether oxygens (including phenoxy) is 4. The summed E-state index contributed by atoms with van der Waals surface area (Å²) in [4.78, 5) is 33.5. The number of hydrogen-bond acceptors (Lipinski definition) is 7. The molecule has 2 aromatic carbocycles. The number of methoxy groups -OCH3 is 2. The average Bonchev–Trinajstić information content (AvgIpc) is 3.33. The Labute approximate surface area is 197 Å². The first kappa shape index (κ1) is 23.7. The quantitative estimate of drug-likeness (QED) is 0.423. The van der Waals surface area contributed by atoms with Gasteiger partial charge in [0.2, 0.25) is 6.79 Å². The molecule has 1 aliphatic rings. The fourth-order valence-corrected chi connectivity index (χ4v) is 4.09. The molecule has 9 heteroatoms. The summed E-state index contributed by atoms with van der Waals surface area (Å²) in [6.07, 6.45) is 0.632. The highest BCUT2D eigenvalue weighted by molar-refractivity contribution is 5.95. The first-order chi connectivity index (χ1) is 16.5. The van der Waals surface area contributed by atoms with Crippen molar-refractivity contribution in [2.75, 3.05) is 40.8 Å². The van der Waals surface area contributed by atoms with Crippen LogP contribution in [-0.2, 0) is 16.0 Å². The van der Waals surface area contributed by atoms with Crippen molar-refractivity contribution in [3.63, 3.8) is 0 Å². The van der Waals surface area contributed by atoms with Crippen LogP contribution in [0.1, 0.15) is 35.6 Å². The molecule has 180 valence electrons. The van der Waals surface area contributed by atoms with Gasteiger partial charge in [-0.05, 0) is 43.7 Å². The third-order valence-electron chi connectivity index (χ3n) is 5.88. The van der Waals surface area contributed by atoms with Gasteiger partial charge < -0.3 is 23.8 Å². The number of fused-ring (bicyclic) bond motifs is 2. The highest BCUT2D eigenvalue weighted by atomic mass is 16.7. The molecule has 3 aromatic rings. The van der Waals surface area contributed by atoms with Crippen molar-refractivity contribution in [3.05, 3.63) is 64.2 Å². The van der Waals surface area contributed by atoms with Gasteiger partial charge in [0.05, 0.1) is 30.1 Å². The van der Waals surface area contributed by atoms with Crippen LogP contribution in [0.3, 0.4) is 0 Å². The molecule has 1 atom stereocenters. The standard InChI is InChI=1S/C25H29N3O6/c1-17(23-26-20-8-5-4-7-19(20)25(30)28(23)12-14-32-3)27(11-6-13-31-2)24(29)18-9-10-21-22(15-18)34-16-33-21/h4-5,7-10,15,17H,6,11-14,16H2,1-3H3. The first-order valence-electron chi connectivity index (χ1n) is 11.2. The Morgan fingerprint density at radius 1 is 1.12 bits per heavy atom. The summed E-state index contributed by atoms with van der Waals surface area (Å²) in [5.74, 6) is 1.46. The predicted molar refractivity (Wildman–Crippen MR) is 126 cm³/mol. The van der Waals surface area contributed by atoms with Crippen molar-refractivity contribution in [3.8, 4) is 11.5 Å². The summed E-state index contributed by atoms with van der Waals surface area (Å²) in [5.41, 5.74) is 0.910. The Morgan fingerprint density at radius 3 is 2.68 bits per heavy atom. The molecule has 1 unspecified atom stereocenters. The lowest BCUT2D eigenvalue weighted by atomic mass is 10.1. The van der Waals surface area contributed by atoms with Gasteiger partial charge in [-0.15, -0.1) is 0 Å². The summed E-state index contributed by atoms with van der Waals surface area (Å²) < 4.78 is 22.9. The summed E-state index contributed by atoms with van der Waals surface area (Å²) in [7, 11) is 3.21. The van der Waals surface area contributed by atoms with Crippen molar-refractivity contribution in [2.24, 2.45) is 0 Å². The molecule has 0 saturated carbocycles. The van der Waals surface area contributed by atoms with E-state index in [-0.39, 0.29) is 18.3 Å². The van der Waals surface area contributed by atoms with Gasteiger partial charge in [0, 0.05) is 32.9 Å². The maximum atomic E-state index is 13.7. The molecule has 1 aromatic heterocycles. The maximum absolute atomic E-state index is 13.7. The van der Waals surface area contributed by atoms with Crippen molar-refractivity contribution < 1.29 is 23.7 Å². The number of para-hydroxylation sites is 1. The van der Waals surface area contributed by atoms with E-state index in [1.165, 1.54) is 0 Å². The van der Waals surface area contributed by atoms with Crippen LogP contribution in [0.25, 0.3) is 10.9 Å². The van der Waals surface area contributed by atoms with E-state index >= 15 is 0 Å². The second-order valence-corrected chi connectivity index (χ2v) is 8.03. The van der Waals surface area contributed by atoms with Gasteiger partial charge in [-0.2, -0.15) is 0 Å². The van der Waals surface area contributed by atoms with Gasteiger partial charge >= 0.3 is 0 Å². The fourth-order valence-electron chi connectivity index (χ4n) is 4.09. The summed E-state index contributed by atoms with van der Waals surface area (Å²) in [5, 5.41) is 0.530. The van der Waals surface area contributed by atoms with Crippen LogP contribution in [-0.4, -0.2) is 61.1 Å². The van der Waals surface area contributed by atoms with Crippen molar-refractivity contribution >= 4 is 16.8 Å². The molecule has 0 radical (unpaired) electrons.